The van der Waals surface area contributed by atoms with E-state index < -0.39 is 18.1 Å². The Morgan fingerprint density at radius 1 is 0.902 bits per heavy atom. The van der Waals surface area contributed by atoms with Crippen LogP contribution in [0.5, 0.6) is 0 Å². The highest BCUT2D eigenvalue weighted by Gasteiger charge is 2.38. The summed E-state index contributed by atoms with van der Waals surface area (Å²) in [5.41, 5.74) is 6.41. The maximum absolute atomic E-state index is 14.0. The minimum absolute atomic E-state index is 0.0813. The summed E-state index contributed by atoms with van der Waals surface area (Å²) in [6.07, 6.45) is 7.31. The molecule has 41 heavy (non-hydrogen) atoms. The maximum Gasteiger partial charge on any atom is 0.333 e. The van der Waals surface area contributed by atoms with E-state index >= 15 is 0 Å². The lowest BCUT2D eigenvalue weighted by Crippen LogP contribution is -2.52. The van der Waals surface area contributed by atoms with Crippen LogP contribution in [0.25, 0.3) is 22.0 Å². The van der Waals surface area contributed by atoms with Crippen molar-refractivity contribution >= 4 is 22.8 Å². The summed E-state index contributed by atoms with van der Waals surface area (Å²) in [6, 6.07) is 25.0. The summed E-state index contributed by atoms with van der Waals surface area (Å²) in [7, 11) is 0. The SMILES string of the molecule is CCCOC(=O)C(NC(=O)[C@H]1Cc2c([nH]c3ccccc23)[C@H](C2CCCCC2)N1)c1ccc(-c2ccccc2)cc1. The van der Waals surface area contributed by atoms with E-state index in [9.17, 15) is 9.59 Å². The molecule has 1 aliphatic heterocycles. The Balaban J connectivity index is 1.27. The molecule has 1 unspecified atom stereocenters. The Morgan fingerprint density at radius 2 is 1.61 bits per heavy atom. The highest BCUT2D eigenvalue weighted by Crippen LogP contribution is 2.40. The van der Waals surface area contributed by atoms with Crippen molar-refractivity contribution in [1.29, 1.82) is 0 Å². The molecule has 6 heteroatoms. The van der Waals surface area contributed by atoms with Crippen LogP contribution in [-0.2, 0) is 20.7 Å². The second-order valence-corrected chi connectivity index (χ2v) is 11.5. The molecule has 3 aromatic carbocycles. The van der Waals surface area contributed by atoms with E-state index in [0.717, 1.165) is 35.9 Å². The molecular weight excluding hydrogens is 510 g/mol. The van der Waals surface area contributed by atoms with Gasteiger partial charge in [0.05, 0.1) is 18.7 Å². The first kappa shape index (κ1) is 27.3. The monoisotopic (exact) mass is 549 g/mol. The number of aromatic amines is 1. The molecule has 2 heterocycles. The fourth-order valence-corrected chi connectivity index (χ4v) is 6.58. The molecule has 6 nitrogen and oxygen atoms in total. The van der Waals surface area contributed by atoms with Crippen LogP contribution < -0.4 is 10.6 Å². The van der Waals surface area contributed by atoms with Crippen LogP contribution in [0.1, 0.15) is 74.4 Å². The van der Waals surface area contributed by atoms with E-state index in [0.29, 0.717) is 24.5 Å². The first-order valence-electron chi connectivity index (χ1n) is 15.1. The lowest BCUT2D eigenvalue weighted by atomic mass is 9.79. The van der Waals surface area contributed by atoms with Gasteiger partial charge in [0.2, 0.25) is 5.91 Å². The largest absolute Gasteiger partial charge is 0.464 e. The van der Waals surface area contributed by atoms with Gasteiger partial charge >= 0.3 is 5.97 Å². The van der Waals surface area contributed by atoms with Crippen LogP contribution in [-0.4, -0.2) is 29.5 Å². The molecule has 1 saturated carbocycles. The third-order valence-electron chi connectivity index (χ3n) is 8.71. The average molecular weight is 550 g/mol. The van der Waals surface area contributed by atoms with Crippen molar-refractivity contribution < 1.29 is 14.3 Å². The first-order chi connectivity index (χ1) is 20.1. The van der Waals surface area contributed by atoms with Crippen LogP contribution in [0.15, 0.2) is 78.9 Å². The van der Waals surface area contributed by atoms with E-state index in [-0.39, 0.29) is 11.9 Å². The molecule has 212 valence electrons. The van der Waals surface area contributed by atoms with Gasteiger partial charge < -0.3 is 15.0 Å². The molecule has 0 saturated heterocycles. The topological polar surface area (TPSA) is 83.2 Å². The average Bonchev–Trinajstić information content (AvgIpc) is 3.41. The summed E-state index contributed by atoms with van der Waals surface area (Å²) in [5, 5.41) is 7.97. The number of hydrogen-bond donors (Lipinski definition) is 3. The van der Waals surface area contributed by atoms with Crippen molar-refractivity contribution in [3.8, 4) is 11.1 Å². The molecule has 0 radical (unpaired) electrons. The smallest absolute Gasteiger partial charge is 0.333 e. The molecule has 1 amide bonds. The van der Waals surface area contributed by atoms with Crippen molar-refractivity contribution in [3.05, 3.63) is 95.7 Å². The number of para-hydroxylation sites is 1. The highest BCUT2D eigenvalue weighted by molar-refractivity contribution is 5.91. The number of carbonyl (C=O) groups excluding carboxylic acids is 2. The maximum atomic E-state index is 14.0. The van der Waals surface area contributed by atoms with Crippen molar-refractivity contribution in [2.45, 2.75) is 70.0 Å². The summed E-state index contributed by atoms with van der Waals surface area (Å²) in [4.78, 5) is 30.9. The number of esters is 1. The summed E-state index contributed by atoms with van der Waals surface area (Å²) in [5.74, 6) is -0.130. The Hall–Kier alpha value is -3.90. The molecule has 3 N–H and O–H groups in total. The van der Waals surface area contributed by atoms with Crippen LogP contribution in [0.3, 0.4) is 0 Å². The van der Waals surface area contributed by atoms with Gasteiger partial charge in [-0.1, -0.05) is 99.0 Å². The molecule has 1 aromatic heterocycles. The van der Waals surface area contributed by atoms with Gasteiger partial charge in [-0.2, -0.15) is 0 Å². The third-order valence-corrected chi connectivity index (χ3v) is 8.71. The van der Waals surface area contributed by atoms with Gasteiger partial charge in [0.25, 0.3) is 0 Å². The predicted molar refractivity (Wildman–Crippen MR) is 162 cm³/mol. The number of fused-ring (bicyclic) bond motifs is 3. The van der Waals surface area contributed by atoms with E-state index in [1.54, 1.807) is 0 Å². The minimum atomic E-state index is -0.877. The number of amides is 1. The number of carbonyl (C=O) groups is 2. The van der Waals surface area contributed by atoms with E-state index in [1.807, 2.05) is 55.5 Å². The Bertz CT molecular complexity index is 1490. The van der Waals surface area contributed by atoms with Gasteiger partial charge in [0.15, 0.2) is 6.04 Å². The Labute approximate surface area is 241 Å². The van der Waals surface area contributed by atoms with Crippen molar-refractivity contribution in [3.63, 3.8) is 0 Å². The first-order valence-corrected chi connectivity index (χ1v) is 15.1. The van der Waals surface area contributed by atoms with Crippen LogP contribution in [0.4, 0.5) is 0 Å². The molecule has 6 rings (SSSR count). The van der Waals surface area contributed by atoms with E-state index in [1.165, 1.54) is 35.9 Å². The van der Waals surface area contributed by atoms with Crippen molar-refractivity contribution in [2.75, 3.05) is 6.61 Å². The summed E-state index contributed by atoms with van der Waals surface area (Å²) < 4.78 is 5.55. The lowest BCUT2D eigenvalue weighted by molar-refractivity contribution is -0.148. The molecular formula is C35H39N3O3. The van der Waals surface area contributed by atoms with E-state index in [2.05, 4.69) is 45.9 Å². The van der Waals surface area contributed by atoms with Gasteiger partial charge in [-0.25, -0.2) is 4.79 Å². The van der Waals surface area contributed by atoms with Crippen LogP contribution in [0.2, 0.25) is 0 Å². The fourth-order valence-electron chi connectivity index (χ4n) is 6.58. The summed E-state index contributed by atoms with van der Waals surface area (Å²) in [6.45, 7) is 2.28. The van der Waals surface area contributed by atoms with E-state index in [4.69, 9.17) is 4.74 Å². The van der Waals surface area contributed by atoms with Crippen molar-refractivity contribution in [1.82, 2.24) is 15.6 Å². The quantitative estimate of drug-likeness (QED) is 0.212. The molecule has 2 aliphatic rings. The zero-order chi connectivity index (χ0) is 28.2. The second kappa shape index (κ2) is 12.3. The minimum Gasteiger partial charge on any atom is -0.464 e. The second-order valence-electron chi connectivity index (χ2n) is 11.5. The Kier molecular flexibility index (Phi) is 8.19. The molecule has 4 aromatic rings. The van der Waals surface area contributed by atoms with Gasteiger partial charge in [0, 0.05) is 16.6 Å². The van der Waals surface area contributed by atoms with Gasteiger partial charge in [-0.05, 0) is 59.9 Å². The fraction of sp³-hybridized carbons (Fsp3) is 0.371. The number of nitrogens with one attached hydrogen (secondary N) is 3. The number of rotatable bonds is 8. The van der Waals surface area contributed by atoms with Gasteiger partial charge in [0.1, 0.15) is 0 Å². The standard InChI is InChI=1S/C35H39N3O3/c1-2-21-41-35(40)32(26-19-17-24(18-20-26)23-11-5-3-6-12-23)38-34(39)30-22-28-27-15-9-10-16-29(27)36-33(28)31(37-30)25-13-7-4-8-14-25/h3,5-6,9-12,15-20,25,30-32,36-37H,2,4,7-8,13-14,21-22H2,1H3,(H,38,39)/t30-,31+,32?/m1/s1. The summed E-state index contributed by atoms with van der Waals surface area (Å²) >= 11 is 0. The normalized spacial score (nSPS) is 19.8. The molecule has 0 bridgehead atoms. The van der Waals surface area contributed by atoms with Crippen molar-refractivity contribution in [2.24, 2.45) is 5.92 Å². The number of benzene rings is 3. The molecule has 1 aliphatic carbocycles. The number of H-pyrrole nitrogens is 1. The van der Waals surface area contributed by atoms with Gasteiger partial charge in [-0.15, -0.1) is 0 Å². The van der Waals surface area contributed by atoms with Crippen LogP contribution in [0, 0.1) is 5.92 Å². The third kappa shape index (κ3) is 5.80. The number of ether oxygens (including phenoxy) is 1. The highest BCUT2D eigenvalue weighted by atomic mass is 16.5. The number of aromatic nitrogens is 1. The molecule has 1 fully saturated rings. The van der Waals surface area contributed by atoms with Gasteiger partial charge in [-0.3, -0.25) is 10.1 Å². The lowest BCUT2D eigenvalue weighted by Gasteiger charge is -2.37. The predicted octanol–water partition coefficient (Wildman–Crippen LogP) is 6.78. The number of hydrogen-bond acceptors (Lipinski definition) is 4. The zero-order valence-corrected chi connectivity index (χ0v) is 23.7. The molecule has 0 spiro atoms. The Morgan fingerprint density at radius 3 is 2.37 bits per heavy atom. The zero-order valence-electron chi connectivity index (χ0n) is 23.7. The van der Waals surface area contributed by atoms with Crippen LogP contribution >= 0.6 is 0 Å². The molecule has 3 atom stereocenters.